The second-order valence-electron chi connectivity index (χ2n) is 8.47. The van der Waals surface area contributed by atoms with E-state index in [2.05, 4.69) is 14.7 Å². The molecule has 0 spiro atoms. The molecule has 3 heterocycles. The van der Waals surface area contributed by atoms with E-state index in [1.54, 1.807) is 30.7 Å². The molecule has 0 bridgehead atoms. The highest BCUT2D eigenvalue weighted by Crippen LogP contribution is 2.33. The molecule has 8 heteroatoms. The van der Waals surface area contributed by atoms with Crippen LogP contribution in [0.4, 0.5) is 0 Å². The van der Waals surface area contributed by atoms with E-state index in [1.807, 2.05) is 41.0 Å². The van der Waals surface area contributed by atoms with Gasteiger partial charge in [-0.1, -0.05) is 31.4 Å². The normalized spacial score (nSPS) is 15.2. The highest BCUT2D eigenvalue weighted by atomic mass is 32.2. The lowest BCUT2D eigenvalue weighted by Crippen LogP contribution is -2.27. The number of pyridine rings is 2. The van der Waals surface area contributed by atoms with E-state index < -0.39 is 10.0 Å². The molecule has 0 atom stereocenters. The maximum atomic E-state index is 12.9. The summed E-state index contributed by atoms with van der Waals surface area (Å²) in [5, 5.41) is 0. The van der Waals surface area contributed by atoms with E-state index >= 15 is 0 Å². The first-order chi connectivity index (χ1) is 16.1. The minimum atomic E-state index is -3.61. The SMILES string of the molecule is O=S(=O)(NCCn1c(-c2ccncc2)nc2cccnc21)c1ccc(C2CCCCC2)cc1. The summed E-state index contributed by atoms with van der Waals surface area (Å²) in [6.45, 7) is 0.636. The lowest BCUT2D eigenvalue weighted by Gasteiger charge is -2.22. The smallest absolute Gasteiger partial charge is 0.240 e. The summed E-state index contributed by atoms with van der Waals surface area (Å²) in [5.41, 5.74) is 3.64. The van der Waals surface area contributed by atoms with Gasteiger partial charge in [-0.2, -0.15) is 0 Å². The molecule has 7 nitrogen and oxygen atoms in total. The van der Waals surface area contributed by atoms with Crippen LogP contribution in [-0.4, -0.2) is 34.5 Å². The Morgan fingerprint density at radius 1 is 0.939 bits per heavy atom. The molecule has 1 aliphatic rings. The molecule has 170 valence electrons. The van der Waals surface area contributed by atoms with Crippen molar-refractivity contribution in [2.75, 3.05) is 6.54 Å². The first-order valence-corrected chi connectivity index (χ1v) is 12.9. The van der Waals surface area contributed by atoms with Crippen molar-refractivity contribution >= 4 is 21.2 Å². The molecule has 4 aromatic rings. The molecule has 0 unspecified atom stereocenters. The third-order valence-corrected chi connectivity index (χ3v) is 7.81. The maximum absolute atomic E-state index is 12.9. The number of sulfonamides is 1. The van der Waals surface area contributed by atoms with E-state index in [4.69, 9.17) is 4.98 Å². The second-order valence-corrected chi connectivity index (χ2v) is 10.2. The van der Waals surface area contributed by atoms with Crippen LogP contribution in [-0.2, 0) is 16.6 Å². The van der Waals surface area contributed by atoms with Gasteiger partial charge in [-0.3, -0.25) is 4.98 Å². The first kappa shape index (κ1) is 21.7. The van der Waals surface area contributed by atoms with Crippen molar-refractivity contribution in [2.24, 2.45) is 0 Å². The zero-order valence-electron chi connectivity index (χ0n) is 18.4. The molecular formula is C25H27N5O2S. The van der Waals surface area contributed by atoms with Gasteiger partial charge in [0.15, 0.2) is 5.65 Å². The van der Waals surface area contributed by atoms with Crippen molar-refractivity contribution in [2.45, 2.75) is 49.5 Å². The molecule has 3 aromatic heterocycles. The Morgan fingerprint density at radius 2 is 1.70 bits per heavy atom. The van der Waals surface area contributed by atoms with Crippen LogP contribution in [0, 0.1) is 0 Å². The summed E-state index contributed by atoms with van der Waals surface area (Å²) < 4.78 is 30.5. The summed E-state index contributed by atoms with van der Waals surface area (Å²) >= 11 is 0. The number of aromatic nitrogens is 4. The average Bonchev–Trinajstić information content (AvgIpc) is 3.24. The van der Waals surface area contributed by atoms with E-state index in [1.165, 1.54) is 37.7 Å². The van der Waals surface area contributed by atoms with Gasteiger partial charge >= 0.3 is 0 Å². The molecule has 1 aliphatic carbocycles. The van der Waals surface area contributed by atoms with Crippen LogP contribution >= 0.6 is 0 Å². The lowest BCUT2D eigenvalue weighted by atomic mass is 9.84. The Morgan fingerprint density at radius 3 is 2.45 bits per heavy atom. The molecule has 33 heavy (non-hydrogen) atoms. The largest absolute Gasteiger partial charge is 0.307 e. The van der Waals surface area contributed by atoms with Crippen LogP contribution in [0.15, 0.2) is 72.0 Å². The molecule has 0 radical (unpaired) electrons. The van der Waals surface area contributed by atoms with Crippen LogP contribution < -0.4 is 4.72 Å². The number of rotatable bonds is 7. The van der Waals surface area contributed by atoms with E-state index in [0.717, 1.165) is 22.6 Å². The Labute approximate surface area is 194 Å². The molecule has 0 aliphatic heterocycles. The molecule has 1 aromatic carbocycles. The maximum Gasteiger partial charge on any atom is 0.240 e. The lowest BCUT2D eigenvalue weighted by molar-refractivity contribution is 0.443. The van der Waals surface area contributed by atoms with Crippen molar-refractivity contribution < 1.29 is 8.42 Å². The van der Waals surface area contributed by atoms with Crippen molar-refractivity contribution in [3.8, 4) is 11.4 Å². The zero-order chi connectivity index (χ0) is 22.7. The van der Waals surface area contributed by atoms with Crippen LogP contribution in [0.25, 0.3) is 22.6 Å². The van der Waals surface area contributed by atoms with Crippen LogP contribution in [0.2, 0.25) is 0 Å². The van der Waals surface area contributed by atoms with Crippen LogP contribution in [0.3, 0.4) is 0 Å². The van der Waals surface area contributed by atoms with Gasteiger partial charge in [-0.05, 0) is 60.7 Å². The minimum absolute atomic E-state index is 0.229. The average molecular weight is 462 g/mol. The van der Waals surface area contributed by atoms with E-state index in [0.29, 0.717) is 17.4 Å². The monoisotopic (exact) mass is 461 g/mol. The highest BCUT2D eigenvalue weighted by Gasteiger charge is 2.19. The van der Waals surface area contributed by atoms with Crippen LogP contribution in [0.1, 0.15) is 43.6 Å². The second kappa shape index (κ2) is 9.41. The molecule has 1 N–H and O–H groups in total. The fourth-order valence-corrected chi connectivity index (χ4v) is 5.64. The predicted molar refractivity (Wildman–Crippen MR) is 128 cm³/mol. The van der Waals surface area contributed by atoms with Gasteiger partial charge in [0.1, 0.15) is 11.3 Å². The third-order valence-electron chi connectivity index (χ3n) is 6.34. The fraction of sp³-hybridized carbons (Fsp3) is 0.320. The van der Waals surface area contributed by atoms with Gasteiger partial charge in [0.2, 0.25) is 10.0 Å². The van der Waals surface area contributed by atoms with Gasteiger partial charge in [0, 0.05) is 37.2 Å². The number of nitrogens with zero attached hydrogens (tertiary/aromatic N) is 4. The topological polar surface area (TPSA) is 89.8 Å². The number of fused-ring (bicyclic) bond motifs is 1. The van der Waals surface area contributed by atoms with Gasteiger partial charge < -0.3 is 4.57 Å². The van der Waals surface area contributed by atoms with Crippen molar-refractivity contribution in [1.29, 1.82) is 0 Å². The molecule has 5 rings (SSSR count). The first-order valence-electron chi connectivity index (χ1n) is 11.4. The van der Waals surface area contributed by atoms with Crippen molar-refractivity contribution in [3.05, 3.63) is 72.7 Å². The Hall–Kier alpha value is -3.10. The Bertz CT molecular complexity index is 1330. The van der Waals surface area contributed by atoms with Gasteiger partial charge in [-0.15, -0.1) is 0 Å². The molecule has 1 fully saturated rings. The van der Waals surface area contributed by atoms with Crippen LogP contribution in [0.5, 0.6) is 0 Å². The number of nitrogens with one attached hydrogen (secondary N) is 1. The standard InChI is InChI=1S/C25H27N5O2S/c31-33(32,22-10-8-20(9-11-22)19-5-2-1-3-6-19)28-17-18-30-24(21-12-15-26-16-13-21)29-23-7-4-14-27-25(23)30/h4,7-16,19,28H,1-3,5-6,17-18H2. The Kier molecular flexibility index (Phi) is 6.20. The molecule has 0 amide bonds. The Balaban J connectivity index is 1.32. The molecule has 1 saturated carbocycles. The zero-order valence-corrected chi connectivity index (χ0v) is 19.2. The summed E-state index contributed by atoms with van der Waals surface area (Å²) in [6.07, 6.45) is 11.3. The summed E-state index contributed by atoms with van der Waals surface area (Å²) in [7, 11) is -3.61. The van der Waals surface area contributed by atoms with E-state index in [-0.39, 0.29) is 6.54 Å². The number of imidazole rings is 1. The molecule has 0 saturated heterocycles. The molecular weight excluding hydrogens is 434 g/mol. The van der Waals surface area contributed by atoms with Crippen molar-refractivity contribution in [3.63, 3.8) is 0 Å². The van der Waals surface area contributed by atoms with Gasteiger partial charge in [0.05, 0.1) is 4.90 Å². The number of hydrogen-bond acceptors (Lipinski definition) is 5. The van der Waals surface area contributed by atoms with E-state index in [9.17, 15) is 8.42 Å². The highest BCUT2D eigenvalue weighted by molar-refractivity contribution is 7.89. The fourth-order valence-electron chi connectivity index (χ4n) is 4.62. The van der Waals surface area contributed by atoms with Crippen molar-refractivity contribution in [1.82, 2.24) is 24.2 Å². The number of benzene rings is 1. The third kappa shape index (κ3) is 4.67. The number of hydrogen-bond donors (Lipinski definition) is 1. The summed E-state index contributed by atoms with van der Waals surface area (Å²) in [4.78, 5) is 13.5. The summed E-state index contributed by atoms with van der Waals surface area (Å²) in [5.74, 6) is 1.29. The summed E-state index contributed by atoms with van der Waals surface area (Å²) in [6, 6.07) is 14.9. The minimum Gasteiger partial charge on any atom is -0.307 e. The predicted octanol–water partition coefficient (Wildman–Crippen LogP) is 4.52. The quantitative estimate of drug-likeness (QED) is 0.437. The van der Waals surface area contributed by atoms with Gasteiger partial charge in [0.25, 0.3) is 0 Å². The van der Waals surface area contributed by atoms with Gasteiger partial charge in [-0.25, -0.2) is 23.1 Å².